The van der Waals surface area contributed by atoms with Crippen molar-refractivity contribution in [2.75, 3.05) is 20.3 Å². The van der Waals surface area contributed by atoms with Crippen LogP contribution in [0.4, 0.5) is 0 Å². The van der Waals surface area contributed by atoms with Crippen LogP contribution in [0.1, 0.15) is 39.5 Å². The minimum absolute atomic E-state index is 0.279. The average molecular weight is 242 g/mol. The molecule has 17 heavy (non-hydrogen) atoms. The van der Waals surface area contributed by atoms with Gasteiger partial charge >= 0.3 is 0 Å². The van der Waals surface area contributed by atoms with E-state index in [1.807, 2.05) is 0 Å². The maximum atomic E-state index is 5.60. The van der Waals surface area contributed by atoms with Crippen molar-refractivity contribution in [3.8, 4) is 0 Å². The molecular formula is C12H26N4O. The molecule has 0 aromatic heterocycles. The SMILES string of the molecule is CCN(C(=NC1CCCC1)NN)C(C)COC. The summed E-state index contributed by atoms with van der Waals surface area (Å²) in [4.78, 5) is 6.87. The van der Waals surface area contributed by atoms with Crippen molar-refractivity contribution in [1.29, 1.82) is 0 Å². The summed E-state index contributed by atoms with van der Waals surface area (Å²) in [6, 6.07) is 0.714. The molecule has 0 aromatic carbocycles. The number of nitrogens with one attached hydrogen (secondary N) is 1. The van der Waals surface area contributed by atoms with Crippen LogP contribution >= 0.6 is 0 Å². The normalized spacial score (nSPS) is 19.4. The number of guanidine groups is 1. The van der Waals surface area contributed by atoms with Crippen LogP contribution in [-0.2, 0) is 4.74 Å². The molecule has 5 heteroatoms. The minimum atomic E-state index is 0.279. The van der Waals surface area contributed by atoms with E-state index in [9.17, 15) is 0 Å². The molecule has 0 radical (unpaired) electrons. The van der Waals surface area contributed by atoms with Crippen molar-refractivity contribution >= 4 is 5.96 Å². The Hall–Kier alpha value is -0.810. The average Bonchev–Trinajstić information content (AvgIpc) is 2.81. The summed E-state index contributed by atoms with van der Waals surface area (Å²) >= 11 is 0. The summed E-state index contributed by atoms with van der Waals surface area (Å²) in [5.74, 6) is 6.39. The van der Waals surface area contributed by atoms with Gasteiger partial charge in [-0.2, -0.15) is 0 Å². The number of hydrazine groups is 1. The zero-order valence-electron chi connectivity index (χ0n) is 11.3. The first-order valence-electron chi connectivity index (χ1n) is 6.52. The van der Waals surface area contributed by atoms with Gasteiger partial charge in [0.25, 0.3) is 0 Å². The van der Waals surface area contributed by atoms with E-state index in [4.69, 9.17) is 15.6 Å². The van der Waals surface area contributed by atoms with Gasteiger partial charge in [-0.15, -0.1) is 0 Å². The first-order valence-corrected chi connectivity index (χ1v) is 6.52. The standard InChI is InChI=1S/C12H26N4O/c1-4-16(10(2)9-17-3)12(15-13)14-11-7-5-6-8-11/h10-11H,4-9,13H2,1-3H3,(H,14,15). The van der Waals surface area contributed by atoms with Crippen molar-refractivity contribution in [2.24, 2.45) is 10.8 Å². The molecular weight excluding hydrogens is 216 g/mol. The lowest BCUT2D eigenvalue weighted by Gasteiger charge is -2.30. The van der Waals surface area contributed by atoms with E-state index in [0.717, 1.165) is 12.5 Å². The van der Waals surface area contributed by atoms with Gasteiger partial charge in [0.05, 0.1) is 18.7 Å². The number of aliphatic imine (C=N–C) groups is 1. The van der Waals surface area contributed by atoms with Gasteiger partial charge in [0.2, 0.25) is 5.96 Å². The van der Waals surface area contributed by atoms with Crippen molar-refractivity contribution in [2.45, 2.75) is 51.6 Å². The molecule has 0 spiro atoms. The molecule has 1 aliphatic carbocycles. The van der Waals surface area contributed by atoms with E-state index in [-0.39, 0.29) is 6.04 Å². The Balaban J connectivity index is 2.67. The Labute approximate surface area is 104 Å². The summed E-state index contributed by atoms with van der Waals surface area (Å²) < 4.78 is 5.19. The monoisotopic (exact) mass is 242 g/mol. The van der Waals surface area contributed by atoms with Crippen LogP contribution in [0.25, 0.3) is 0 Å². The molecule has 1 atom stereocenters. The van der Waals surface area contributed by atoms with Crippen molar-refractivity contribution < 1.29 is 4.74 Å². The quantitative estimate of drug-likeness (QED) is 0.328. The second-order valence-corrected chi connectivity index (χ2v) is 4.63. The third-order valence-corrected chi connectivity index (χ3v) is 3.31. The predicted octanol–water partition coefficient (Wildman–Crippen LogP) is 1.11. The van der Waals surface area contributed by atoms with Gasteiger partial charge in [-0.05, 0) is 26.7 Å². The van der Waals surface area contributed by atoms with Gasteiger partial charge in [0.1, 0.15) is 0 Å². The number of methoxy groups -OCH3 is 1. The lowest BCUT2D eigenvalue weighted by Crippen LogP contribution is -2.50. The minimum Gasteiger partial charge on any atom is -0.383 e. The van der Waals surface area contributed by atoms with Crippen LogP contribution in [0.5, 0.6) is 0 Å². The van der Waals surface area contributed by atoms with E-state index in [1.165, 1.54) is 25.7 Å². The highest BCUT2D eigenvalue weighted by Crippen LogP contribution is 2.21. The third kappa shape index (κ3) is 4.16. The van der Waals surface area contributed by atoms with Crippen LogP contribution in [0.3, 0.4) is 0 Å². The molecule has 1 rings (SSSR count). The molecule has 1 saturated carbocycles. The summed E-state index contributed by atoms with van der Waals surface area (Å²) in [7, 11) is 1.72. The van der Waals surface area contributed by atoms with E-state index in [0.29, 0.717) is 12.6 Å². The summed E-state index contributed by atoms with van der Waals surface area (Å²) in [5.41, 5.74) is 2.74. The maximum absolute atomic E-state index is 5.60. The Kier molecular flexibility index (Phi) is 6.29. The highest BCUT2D eigenvalue weighted by molar-refractivity contribution is 5.79. The van der Waals surface area contributed by atoms with E-state index in [2.05, 4.69) is 24.2 Å². The fourth-order valence-corrected chi connectivity index (χ4v) is 2.40. The van der Waals surface area contributed by atoms with Crippen molar-refractivity contribution in [3.63, 3.8) is 0 Å². The number of likely N-dealkylation sites (N-methyl/N-ethyl adjacent to an activating group) is 1. The van der Waals surface area contributed by atoms with E-state index >= 15 is 0 Å². The summed E-state index contributed by atoms with van der Waals surface area (Å²) in [6.45, 7) is 5.78. The third-order valence-electron chi connectivity index (χ3n) is 3.31. The van der Waals surface area contributed by atoms with Crippen LogP contribution < -0.4 is 11.3 Å². The van der Waals surface area contributed by atoms with Crippen LogP contribution in [0.2, 0.25) is 0 Å². The Bertz CT molecular complexity index is 239. The number of nitrogens with two attached hydrogens (primary N) is 1. The fraction of sp³-hybridized carbons (Fsp3) is 0.917. The largest absolute Gasteiger partial charge is 0.383 e. The number of ether oxygens (including phenoxy) is 1. The molecule has 0 saturated heterocycles. The molecule has 0 aromatic rings. The second kappa shape index (κ2) is 7.50. The van der Waals surface area contributed by atoms with Gasteiger partial charge in [-0.3, -0.25) is 5.43 Å². The first-order chi connectivity index (χ1) is 8.22. The van der Waals surface area contributed by atoms with E-state index < -0.39 is 0 Å². The zero-order chi connectivity index (χ0) is 12.7. The number of hydrogen-bond donors (Lipinski definition) is 2. The smallest absolute Gasteiger partial charge is 0.208 e. The molecule has 0 bridgehead atoms. The predicted molar refractivity (Wildman–Crippen MR) is 70.7 cm³/mol. The molecule has 100 valence electrons. The Morgan fingerprint density at radius 1 is 1.53 bits per heavy atom. The molecule has 0 amide bonds. The maximum Gasteiger partial charge on any atom is 0.208 e. The lowest BCUT2D eigenvalue weighted by atomic mass is 10.2. The van der Waals surface area contributed by atoms with Crippen molar-refractivity contribution in [1.82, 2.24) is 10.3 Å². The zero-order valence-corrected chi connectivity index (χ0v) is 11.3. The molecule has 5 nitrogen and oxygen atoms in total. The van der Waals surface area contributed by atoms with Gasteiger partial charge < -0.3 is 9.64 Å². The number of hydrogen-bond acceptors (Lipinski definition) is 3. The van der Waals surface area contributed by atoms with Gasteiger partial charge in [-0.25, -0.2) is 10.8 Å². The van der Waals surface area contributed by atoms with Crippen LogP contribution in [0, 0.1) is 0 Å². The van der Waals surface area contributed by atoms with Crippen LogP contribution in [0.15, 0.2) is 4.99 Å². The molecule has 1 fully saturated rings. The molecule has 1 unspecified atom stereocenters. The fourth-order valence-electron chi connectivity index (χ4n) is 2.40. The Morgan fingerprint density at radius 2 is 2.18 bits per heavy atom. The highest BCUT2D eigenvalue weighted by atomic mass is 16.5. The van der Waals surface area contributed by atoms with Crippen LogP contribution in [-0.4, -0.2) is 43.2 Å². The molecule has 3 N–H and O–H groups in total. The Morgan fingerprint density at radius 3 is 2.65 bits per heavy atom. The first kappa shape index (κ1) is 14.3. The molecule has 0 heterocycles. The lowest BCUT2D eigenvalue weighted by molar-refractivity contribution is 0.136. The van der Waals surface area contributed by atoms with Gasteiger partial charge in [-0.1, -0.05) is 12.8 Å². The second-order valence-electron chi connectivity index (χ2n) is 4.63. The van der Waals surface area contributed by atoms with Crippen molar-refractivity contribution in [3.05, 3.63) is 0 Å². The summed E-state index contributed by atoms with van der Waals surface area (Å²) in [5, 5.41) is 0. The molecule has 0 aliphatic heterocycles. The van der Waals surface area contributed by atoms with Gasteiger partial charge in [0.15, 0.2) is 0 Å². The number of rotatable bonds is 5. The number of nitrogens with zero attached hydrogens (tertiary/aromatic N) is 2. The highest BCUT2D eigenvalue weighted by Gasteiger charge is 2.19. The van der Waals surface area contributed by atoms with Gasteiger partial charge in [0, 0.05) is 13.7 Å². The van der Waals surface area contributed by atoms with E-state index in [1.54, 1.807) is 7.11 Å². The molecule has 1 aliphatic rings. The topological polar surface area (TPSA) is 62.9 Å². The summed E-state index contributed by atoms with van der Waals surface area (Å²) in [6.07, 6.45) is 4.93.